The van der Waals surface area contributed by atoms with Gasteiger partial charge in [-0.3, -0.25) is 4.79 Å². The number of nitrogens with one attached hydrogen (secondary N) is 2. The third-order valence-electron chi connectivity index (χ3n) is 5.51. The molecule has 29 heavy (non-hydrogen) atoms. The van der Waals surface area contributed by atoms with Crippen molar-refractivity contribution in [3.8, 4) is 0 Å². The zero-order chi connectivity index (χ0) is 20.4. The number of fused-ring (bicyclic) bond motifs is 2. The molecule has 5 heteroatoms. The number of aromatic amines is 1. The van der Waals surface area contributed by atoms with Crippen LogP contribution in [0.5, 0.6) is 0 Å². The number of carbonyl (C=O) groups is 1. The monoisotopic (exact) mass is 388 g/mol. The number of carbonyl (C=O) groups excluding carboxylic acids is 1. The highest BCUT2D eigenvalue weighted by Gasteiger charge is 2.21. The first-order valence-corrected chi connectivity index (χ1v) is 10.3. The van der Waals surface area contributed by atoms with Crippen LogP contribution < -0.4 is 5.32 Å². The molecule has 0 radical (unpaired) electrons. The van der Waals surface area contributed by atoms with Gasteiger partial charge in [-0.25, -0.2) is 4.98 Å². The van der Waals surface area contributed by atoms with Crippen molar-refractivity contribution in [3.05, 3.63) is 66.1 Å². The summed E-state index contributed by atoms with van der Waals surface area (Å²) in [7, 11) is 2.07. The molecule has 0 aliphatic rings. The second-order valence-electron chi connectivity index (χ2n) is 8.06. The molecule has 2 aromatic carbocycles. The molecule has 0 aliphatic carbocycles. The number of benzene rings is 2. The summed E-state index contributed by atoms with van der Waals surface area (Å²) in [4.78, 5) is 20.7. The van der Waals surface area contributed by atoms with Crippen molar-refractivity contribution in [2.45, 2.75) is 39.2 Å². The molecule has 2 N–H and O–H groups in total. The molecule has 0 spiro atoms. The Bertz CT molecular complexity index is 1110. The van der Waals surface area contributed by atoms with E-state index in [1.807, 2.05) is 24.3 Å². The lowest BCUT2D eigenvalue weighted by Crippen LogP contribution is -2.32. The molecule has 2 heterocycles. The fraction of sp³-hybridized carbons (Fsp3) is 0.333. The molecular formula is C24H28N4O. The van der Waals surface area contributed by atoms with Gasteiger partial charge in [0.05, 0.1) is 17.1 Å². The second kappa shape index (κ2) is 8.11. The summed E-state index contributed by atoms with van der Waals surface area (Å²) in [6.45, 7) is 4.21. The van der Waals surface area contributed by atoms with E-state index < -0.39 is 0 Å². The zero-order valence-electron chi connectivity index (χ0n) is 17.3. The van der Waals surface area contributed by atoms with Crippen molar-refractivity contribution >= 4 is 27.8 Å². The van der Waals surface area contributed by atoms with E-state index in [2.05, 4.69) is 71.2 Å². The van der Waals surface area contributed by atoms with Gasteiger partial charge in [0.2, 0.25) is 5.91 Å². The Morgan fingerprint density at radius 1 is 1.14 bits per heavy atom. The van der Waals surface area contributed by atoms with Crippen LogP contribution in [0.2, 0.25) is 0 Å². The average molecular weight is 389 g/mol. The van der Waals surface area contributed by atoms with Crippen LogP contribution in [-0.2, 0) is 18.3 Å². The summed E-state index contributed by atoms with van der Waals surface area (Å²) >= 11 is 0. The first-order valence-electron chi connectivity index (χ1n) is 10.3. The predicted octanol–water partition coefficient (Wildman–Crippen LogP) is 4.89. The molecular weight excluding hydrogens is 360 g/mol. The van der Waals surface area contributed by atoms with Crippen molar-refractivity contribution in [2.24, 2.45) is 13.0 Å². The standard InChI is InChI=1S/C24H28N4O/c1-16(2)23(24-25-19-11-5-6-12-20(19)26-24)27-22(29)14-8-9-17-15-28(3)21-13-7-4-10-18(17)21/h4-7,10-13,15-16,23H,8-9,14H2,1-3H3,(H,25,26)(H,27,29)/t23-/m1/s1. The van der Waals surface area contributed by atoms with Gasteiger partial charge in [0.25, 0.3) is 0 Å². The van der Waals surface area contributed by atoms with Gasteiger partial charge in [-0.15, -0.1) is 0 Å². The van der Waals surface area contributed by atoms with Gasteiger partial charge in [0, 0.05) is 30.6 Å². The Kier molecular flexibility index (Phi) is 5.38. The second-order valence-corrected chi connectivity index (χ2v) is 8.06. The third-order valence-corrected chi connectivity index (χ3v) is 5.51. The summed E-state index contributed by atoms with van der Waals surface area (Å²) < 4.78 is 2.15. The molecule has 0 bridgehead atoms. The van der Waals surface area contributed by atoms with E-state index in [9.17, 15) is 4.79 Å². The molecule has 0 fully saturated rings. The third kappa shape index (κ3) is 4.04. The quantitative estimate of drug-likeness (QED) is 0.473. The van der Waals surface area contributed by atoms with Gasteiger partial charge in [0.15, 0.2) is 0 Å². The van der Waals surface area contributed by atoms with Crippen LogP contribution in [0, 0.1) is 5.92 Å². The maximum absolute atomic E-state index is 12.6. The SMILES string of the molecule is CC(C)[C@@H](NC(=O)CCCc1cn(C)c2ccccc12)c1nc2ccccc2[nH]1. The fourth-order valence-electron chi connectivity index (χ4n) is 3.98. The minimum Gasteiger partial charge on any atom is -0.350 e. The zero-order valence-corrected chi connectivity index (χ0v) is 17.3. The van der Waals surface area contributed by atoms with Crippen LogP contribution >= 0.6 is 0 Å². The largest absolute Gasteiger partial charge is 0.350 e. The van der Waals surface area contributed by atoms with E-state index in [4.69, 9.17) is 0 Å². The number of aromatic nitrogens is 3. The van der Waals surface area contributed by atoms with Crippen LogP contribution in [0.25, 0.3) is 21.9 Å². The summed E-state index contributed by atoms with van der Waals surface area (Å²) in [5.41, 5.74) is 4.46. The Labute approximate surface area is 171 Å². The molecule has 1 amide bonds. The van der Waals surface area contributed by atoms with Gasteiger partial charge in [-0.05, 0) is 42.5 Å². The Morgan fingerprint density at radius 3 is 2.69 bits per heavy atom. The summed E-state index contributed by atoms with van der Waals surface area (Å²) in [6, 6.07) is 16.3. The maximum atomic E-state index is 12.6. The topological polar surface area (TPSA) is 62.7 Å². The molecule has 4 aromatic rings. The van der Waals surface area contributed by atoms with E-state index in [0.717, 1.165) is 29.7 Å². The van der Waals surface area contributed by atoms with Gasteiger partial charge in [-0.2, -0.15) is 0 Å². The van der Waals surface area contributed by atoms with Crippen LogP contribution in [-0.4, -0.2) is 20.4 Å². The number of nitrogens with zero attached hydrogens (tertiary/aromatic N) is 2. The Morgan fingerprint density at radius 2 is 1.90 bits per heavy atom. The number of aryl methyl sites for hydroxylation is 2. The lowest BCUT2D eigenvalue weighted by molar-refractivity contribution is -0.122. The molecule has 150 valence electrons. The molecule has 0 aliphatic heterocycles. The highest BCUT2D eigenvalue weighted by molar-refractivity contribution is 5.84. The summed E-state index contributed by atoms with van der Waals surface area (Å²) in [5, 5.41) is 4.46. The molecule has 4 rings (SSSR count). The van der Waals surface area contributed by atoms with Crippen molar-refractivity contribution in [2.75, 3.05) is 0 Å². The number of hydrogen-bond acceptors (Lipinski definition) is 2. The number of imidazole rings is 1. The lowest BCUT2D eigenvalue weighted by atomic mass is 10.0. The van der Waals surface area contributed by atoms with E-state index in [1.54, 1.807) is 0 Å². The van der Waals surface area contributed by atoms with Crippen LogP contribution in [0.3, 0.4) is 0 Å². The van der Waals surface area contributed by atoms with Gasteiger partial charge < -0.3 is 14.9 Å². The van der Waals surface area contributed by atoms with Crippen LogP contribution in [0.1, 0.15) is 44.1 Å². The number of rotatable bonds is 7. The number of para-hydroxylation sites is 3. The number of hydrogen-bond donors (Lipinski definition) is 2. The summed E-state index contributed by atoms with van der Waals surface area (Å²) in [6.07, 6.45) is 4.40. The van der Waals surface area contributed by atoms with E-state index in [0.29, 0.717) is 6.42 Å². The Balaban J connectivity index is 1.39. The van der Waals surface area contributed by atoms with Crippen molar-refractivity contribution in [1.82, 2.24) is 19.9 Å². The molecule has 5 nitrogen and oxygen atoms in total. The lowest BCUT2D eigenvalue weighted by Gasteiger charge is -2.20. The molecule has 2 aromatic heterocycles. The number of amides is 1. The summed E-state index contributed by atoms with van der Waals surface area (Å²) in [5.74, 6) is 1.14. The van der Waals surface area contributed by atoms with Crippen LogP contribution in [0.15, 0.2) is 54.7 Å². The van der Waals surface area contributed by atoms with E-state index in [1.165, 1.54) is 16.5 Å². The minimum atomic E-state index is -0.118. The van der Waals surface area contributed by atoms with Gasteiger partial charge >= 0.3 is 0 Å². The number of H-pyrrole nitrogens is 1. The van der Waals surface area contributed by atoms with Gasteiger partial charge in [0.1, 0.15) is 5.82 Å². The fourth-order valence-corrected chi connectivity index (χ4v) is 3.98. The molecule has 0 unspecified atom stereocenters. The predicted molar refractivity (Wildman–Crippen MR) is 118 cm³/mol. The molecule has 0 saturated carbocycles. The van der Waals surface area contributed by atoms with Crippen molar-refractivity contribution in [3.63, 3.8) is 0 Å². The normalized spacial score (nSPS) is 12.7. The van der Waals surface area contributed by atoms with Crippen LogP contribution in [0.4, 0.5) is 0 Å². The van der Waals surface area contributed by atoms with Gasteiger partial charge in [-0.1, -0.05) is 44.2 Å². The highest BCUT2D eigenvalue weighted by Crippen LogP contribution is 2.24. The molecule has 1 atom stereocenters. The van der Waals surface area contributed by atoms with E-state index >= 15 is 0 Å². The average Bonchev–Trinajstić information content (AvgIpc) is 3.27. The smallest absolute Gasteiger partial charge is 0.220 e. The first kappa shape index (κ1) is 19.2. The van der Waals surface area contributed by atoms with Crippen molar-refractivity contribution < 1.29 is 4.79 Å². The van der Waals surface area contributed by atoms with Crippen molar-refractivity contribution in [1.29, 1.82) is 0 Å². The Hall–Kier alpha value is -3.08. The first-order chi connectivity index (χ1) is 14.0. The van der Waals surface area contributed by atoms with E-state index in [-0.39, 0.29) is 17.9 Å². The minimum absolute atomic E-state index is 0.0735. The molecule has 0 saturated heterocycles. The highest BCUT2D eigenvalue weighted by atomic mass is 16.1. The maximum Gasteiger partial charge on any atom is 0.220 e.